The minimum atomic E-state index is -0.377. The number of hydrogen-bond donors (Lipinski definition) is 4. The molecule has 2 aliphatic heterocycles. The summed E-state index contributed by atoms with van der Waals surface area (Å²) < 4.78 is 14.1. The number of carbonyl (C=O) groups excluding carboxylic acids is 4. The minimum absolute atomic E-state index is 0.112. The Morgan fingerprint density at radius 3 is 0.942 bits per heavy atom. The molecule has 0 spiro atoms. The summed E-state index contributed by atoms with van der Waals surface area (Å²) in [6.45, 7) is 26.6. The van der Waals surface area contributed by atoms with Crippen LogP contribution >= 0.6 is 0 Å². The number of benzene rings is 8. The van der Waals surface area contributed by atoms with Gasteiger partial charge in [0, 0.05) is 93.9 Å². The number of nitrogen functional groups attached to an aromatic ring is 2. The van der Waals surface area contributed by atoms with Gasteiger partial charge in [0.2, 0.25) is 0 Å². The lowest BCUT2D eigenvalue weighted by Crippen LogP contribution is -2.41. The molecule has 0 fully saturated rings. The monoisotopic (exact) mass is 1150 g/mol. The maximum Gasteiger partial charge on any atom is 0.261 e. The van der Waals surface area contributed by atoms with Crippen LogP contribution in [0.5, 0.6) is 23.0 Å². The fourth-order valence-corrected chi connectivity index (χ4v) is 12.6. The summed E-state index contributed by atoms with van der Waals surface area (Å²) in [6, 6.07) is 34.6. The number of nitrogens with two attached hydrogens (primary N) is 2. The van der Waals surface area contributed by atoms with E-state index in [4.69, 9.17) is 20.9 Å². The normalized spacial score (nSPS) is 14.6. The third-order valence-electron chi connectivity index (χ3n) is 17.6. The van der Waals surface area contributed by atoms with Crippen LogP contribution in [0.3, 0.4) is 0 Å². The van der Waals surface area contributed by atoms with Gasteiger partial charge in [0.15, 0.2) is 0 Å². The minimum Gasteiger partial charge on any atom is -0.507 e. The van der Waals surface area contributed by atoms with Gasteiger partial charge in [-0.2, -0.15) is 0 Å². The largest absolute Gasteiger partial charge is 0.507 e. The molecule has 6 N–H and O–H groups in total. The standard InChI is InChI=1S/C74H80N4O8/c1-71(2,3)49-33-41-29-45-37-51(73(7,8)9)39-47(65(45)85-27-15-25-77-67(81)55-19-13-17-53-59(75)23-21-57(61(53)55)69(77)83)31-43-35-50(72(4,5)6)36-44(64(43)80)32-48-40-52(74(10,11)12)38-46(30-42(34-49)63(41)79)66(48)86-28-16-26-78-68(82)56-20-14-18-54-60(76)24-22-58(62(54)56)70(78)84/h13-14,17-24,33-40,79-80H,15-16,25-32,75-76H2,1-12H3. The highest BCUT2D eigenvalue weighted by molar-refractivity contribution is 6.27. The molecule has 8 aromatic carbocycles. The summed E-state index contributed by atoms with van der Waals surface area (Å²) in [4.78, 5) is 59.0. The Labute approximate surface area is 505 Å². The number of phenols is 2. The molecule has 12 nitrogen and oxygen atoms in total. The zero-order valence-electron chi connectivity index (χ0n) is 51.9. The first-order valence-corrected chi connectivity index (χ1v) is 30.1. The van der Waals surface area contributed by atoms with Gasteiger partial charge in [-0.15, -0.1) is 0 Å². The van der Waals surface area contributed by atoms with Crippen LogP contribution in [0.4, 0.5) is 11.4 Å². The zero-order chi connectivity index (χ0) is 61.7. The molecule has 12 heteroatoms. The molecule has 8 bridgehead atoms. The highest BCUT2D eigenvalue weighted by Gasteiger charge is 2.36. The Morgan fingerprint density at radius 1 is 0.395 bits per heavy atom. The SMILES string of the molecule is CC(C)(C)c1cc2c(O)c(c1)Cc1cc(C(C)(C)C)cc(c1OCCCN1C(=O)c3cccc4c(N)ccc(c34)C1=O)Cc1cc(C(C)(C)C)cc(c1O)Cc1cc(C(C)(C)C)cc(c1OCCCN1C(=O)c3cccc4c(N)ccc(c34)C1=O)C2. The fraction of sp³-hybridized carbons (Fsp3) is 0.351. The number of nitrogens with zero attached hydrogens (tertiary/aromatic N) is 2. The van der Waals surface area contributed by atoms with Gasteiger partial charge in [-0.3, -0.25) is 29.0 Å². The third-order valence-corrected chi connectivity index (χ3v) is 17.6. The Hall–Kier alpha value is -8.64. The predicted octanol–water partition coefficient (Wildman–Crippen LogP) is 14.6. The van der Waals surface area contributed by atoms with E-state index >= 15 is 0 Å². The maximum absolute atomic E-state index is 14.1. The van der Waals surface area contributed by atoms with Crippen molar-refractivity contribution in [2.24, 2.45) is 0 Å². The topological polar surface area (TPSA) is 186 Å². The van der Waals surface area contributed by atoms with E-state index < -0.39 is 0 Å². The molecule has 11 rings (SSSR count). The first-order valence-electron chi connectivity index (χ1n) is 30.1. The summed E-state index contributed by atoms with van der Waals surface area (Å²) in [5.41, 5.74) is 24.5. The summed E-state index contributed by atoms with van der Waals surface area (Å²) in [5.74, 6) is 0.0357. The zero-order valence-corrected chi connectivity index (χ0v) is 51.9. The van der Waals surface area contributed by atoms with Gasteiger partial charge < -0.3 is 31.2 Å². The average molecular weight is 1150 g/mol. The predicted molar refractivity (Wildman–Crippen MR) is 343 cm³/mol. The molecule has 0 aromatic heterocycles. The van der Waals surface area contributed by atoms with Crippen molar-refractivity contribution in [2.75, 3.05) is 37.8 Å². The lowest BCUT2D eigenvalue weighted by Gasteiger charge is -2.29. The van der Waals surface area contributed by atoms with Crippen molar-refractivity contribution < 1.29 is 38.9 Å². The molecule has 0 saturated carbocycles. The molecule has 444 valence electrons. The van der Waals surface area contributed by atoms with E-state index in [-0.39, 0.29) is 109 Å². The maximum atomic E-state index is 14.1. The average Bonchev–Trinajstić information content (AvgIpc) is 1.02. The highest BCUT2D eigenvalue weighted by atomic mass is 16.5. The van der Waals surface area contributed by atoms with E-state index in [1.54, 1.807) is 48.5 Å². The second-order valence-corrected chi connectivity index (χ2v) is 28.0. The van der Waals surface area contributed by atoms with Gasteiger partial charge in [-0.25, -0.2) is 0 Å². The molecule has 8 aromatic rings. The van der Waals surface area contributed by atoms with Crippen molar-refractivity contribution in [1.82, 2.24) is 9.80 Å². The Balaban J connectivity index is 1.01. The number of amides is 4. The number of phenolic OH excluding ortho intramolecular Hbond substituents is 2. The van der Waals surface area contributed by atoms with Crippen molar-refractivity contribution in [3.05, 3.63) is 198 Å². The smallest absolute Gasteiger partial charge is 0.261 e. The highest BCUT2D eigenvalue weighted by Crippen LogP contribution is 2.45. The number of imide groups is 2. The molecule has 0 saturated heterocycles. The molecule has 1 aliphatic carbocycles. The Morgan fingerprint density at radius 2 is 0.663 bits per heavy atom. The number of ether oxygens (including phenoxy) is 2. The number of anilines is 2. The van der Waals surface area contributed by atoms with Crippen molar-refractivity contribution in [3.63, 3.8) is 0 Å². The van der Waals surface area contributed by atoms with Crippen LogP contribution in [0.15, 0.2) is 109 Å². The number of carbonyl (C=O) groups is 4. The van der Waals surface area contributed by atoms with Crippen LogP contribution in [0, 0.1) is 0 Å². The van der Waals surface area contributed by atoms with Crippen LogP contribution in [-0.2, 0) is 47.3 Å². The quantitative estimate of drug-likeness (QED) is 0.0583. The van der Waals surface area contributed by atoms with Crippen LogP contribution in [-0.4, -0.2) is 69.9 Å². The van der Waals surface area contributed by atoms with Gasteiger partial charge in [0.25, 0.3) is 23.6 Å². The van der Waals surface area contributed by atoms with Gasteiger partial charge in [-0.1, -0.05) is 156 Å². The fourth-order valence-electron chi connectivity index (χ4n) is 12.6. The van der Waals surface area contributed by atoms with Crippen molar-refractivity contribution in [2.45, 2.75) is 143 Å². The summed E-state index contributed by atoms with van der Waals surface area (Å²) in [7, 11) is 0. The number of aromatic hydroxyl groups is 2. The van der Waals surface area contributed by atoms with E-state index in [2.05, 4.69) is 132 Å². The van der Waals surface area contributed by atoms with Crippen LogP contribution < -0.4 is 20.9 Å². The number of fused-ring (bicyclic) bond motifs is 8. The van der Waals surface area contributed by atoms with E-state index in [1.807, 2.05) is 12.1 Å². The molecule has 0 unspecified atom stereocenters. The molecular formula is C74H80N4O8. The van der Waals surface area contributed by atoms with E-state index in [0.717, 1.165) is 44.5 Å². The van der Waals surface area contributed by atoms with E-state index in [1.165, 1.54) is 9.80 Å². The summed E-state index contributed by atoms with van der Waals surface area (Å²) >= 11 is 0. The Kier molecular flexibility index (Phi) is 14.9. The summed E-state index contributed by atoms with van der Waals surface area (Å²) in [6.07, 6.45) is 1.82. The first-order chi connectivity index (χ1) is 40.5. The molecule has 0 atom stereocenters. The lowest BCUT2D eigenvalue weighted by atomic mass is 9.79. The first kappa shape index (κ1) is 59.1. The van der Waals surface area contributed by atoms with Crippen LogP contribution in [0.2, 0.25) is 0 Å². The molecule has 0 radical (unpaired) electrons. The molecular weight excluding hydrogens is 1070 g/mol. The molecule has 3 aliphatic rings. The molecule has 2 heterocycles. The van der Waals surface area contributed by atoms with E-state index in [9.17, 15) is 29.4 Å². The number of rotatable bonds is 10. The van der Waals surface area contributed by atoms with Gasteiger partial charge in [-0.05, 0) is 138 Å². The van der Waals surface area contributed by atoms with Crippen molar-refractivity contribution in [1.29, 1.82) is 0 Å². The molecule has 86 heavy (non-hydrogen) atoms. The van der Waals surface area contributed by atoms with Crippen LogP contribution in [0.25, 0.3) is 21.5 Å². The van der Waals surface area contributed by atoms with Crippen molar-refractivity contribution >= 4 is 56.5 Å². The Bertz CT molecular complexity index is 3740. The van der Waals surface area contributed by atoms with E-state index in [0.29, 0.717) is 102 Å². The molecule has 4 amide bonds. The number of hydrogen-bond acceptors (Lipinski definition) is 10. The van der Waals surface area contributed by atoms with Crippen molar-refractivity contribution in [3.8, 4) is 23.0 Å². The van der Waals surface area contributed by atoms with Gasteiger partial charge in [0.1, 0.15) is 23.0 Å². The second kappa shape index (κ2) is 21.7. The van der Waals surface area contributed by atoms with Gasteiger partial charge in [0.05, 0.1) is 13.2 Å². The third kappa shape index (κ3) is 10.9. The second-order valence-electron chi connectivity index (χ2n) is 28.0. The van der Waals surface area contributed by atoms with Crippen LogP contribution in [0.1, 0.15) is 204 Å². The lowest BCUT2D eigenvalue weighted by molar-refractivity contribution is 0.0587. The van der Waals surface area contributed by atoms with Gasteiger partial charge >= 0.3 is 0 Å². The summed E-state index contributed by atoms with van der Waals surface area (Å²) in [5, 5.41) is 28.4.